The molecule has 0 N–H and O–H groups in total. The van der Waals surface area contributed by atoms with Crippen LogP contribution in [0.3, 0.4) is 0 Å². The van der Waals surface area contributed by atoms with E-state index in [1.165, 1.54) is 12.2 Å². The van der Waals surface area contributed by atoms with Crippen LogP contribution in [0.15, 0.2) is 12.2 Å². The average molecular weight is 227 g/mol. The number of alkyl halides is 3. The number of allylic oxidation sites excluding steroid dienone is 1. The third-order valence-electron chi connectivity index (χ3n) is 0.756. The zero-order chi connectivity index (χ0) is 9.61. The Bertz CT molecular complexity index is 222. The molecule has 66 valence electrons. The maximum Gasteiger partial charge on any atom is 0.358 e. The van der Waals surface area contributed by atoms with Gasteiger partial charge in [-0.15, -0.1) is 6.42 Å². The van der Waals surface area contributed by atoms with Gasteiger partial charge in [-0.2, -0.15) is 0 Å². The predicted molar refractivity (Wildman–Crippen MR) is 49.2 cm³/mol. The summed E-state index contributed by atoms with van der Waals surface area (Å²) in [6.45, 7) is -0.00303. The highest BCUT2D eigenvalue weighted by molar-refractivity contribution is 6.75. The summed E-state index contributed by atoms with van der Waals surface area (Å²) < 4.78 is 2.47. The van der Waals surface area contributed by atoms with Gasteiger partial charge in [-0.25, -0.2) is 4.79 Å². The van der Waals surface area contributed by atoms with E-state index in [0.29, 0.717) is 0 Å². The summed E-state index contributed by atoms with van der Waals surface area (Å²) in [5.41, 5.74) is 0. The van der Waals surface area contributed by atoms with Crippen molar-refractivity contribution < 1.29 is 9.53 Å². The summed E-state index contributed by atoms with van der Waals surface area (Å²) in [6.07, 6.45) is 7.71. The Morgan fingerprint density at radius 2 is 2.17 bits per heavy atom. The molecule has 0 fully saturated rings. The molecule has 0 aliphatic heterocycles. The van der Waals surface area contributed by atoms with E-state index in [9.17, 15) is 4.79 Å². The van der Waals surface area contributed by atoms with Crippen LogP contribution in [0, 0.1) is 12.3 Å². The van der Waals surface area contributed by atoms with Crippen LogP contribution in [0.2, 0.25) is 0 Å². The van der Waals surface area contributed by atoms with Crippen molar-refractivity contribution >= 4 is 40.8 Å². The molecule has 0 aromatic rings. The van der Waals surface area contributed by atoms with Crippen molar-refractivity contribution in [2.75, 3.05) is 6.61 Å². The summed E-state index contributed by atoms with van der Waals surface area (Å²) in [5, 5.41) is 0. The highest BCUT2D eigenvalue weighted by Crippen LogP contribution is 2.27. The molecule has 0 aromatic heterocycles. The SMILES string of the molecule is C#CC=CCOC(=O)C(Cl)(Cl)Cl. The summed E-state index contributed by atoms with van der Waals surface area (Å²) in [6, 6.07) is 0. The minimum atomic E-state index is -2.02. The lowest BCUT2D eigenvalue weighted by atomic mass is 10.5. The van der Waals surface area contributed by atoms with Crippen molar-refractivity contribution in [2.45, 2.75) is 3.79 Å². The summed E-state index contributed by atoms with van der Waals surface area (Å²) in [7, 11) is 0. The van der Waals surface area contributed by atoms with Crippen LogP contribution in [-0.4, -0.2) is 16.4 Å². The Morgan fingerprint density at radius 1 is 1.58 bits per heavy atom. The molecule has 5 heteroatoms. The number of terminal acetylenes is 1. The number of rotatable bonds is 2. The molecule has 0 rings (SSSR count). The quantitative estimate of drug-likeness (QED) is 0.410. The maximum absolute atomic E-state index is 10.7. The van der Waals surface area contributed by atoms with Gasteiger partial charge in [-0.1, -0.05) is 40.7 Å². The maximum atomic E-state index is 10.7. The summed E-state index contributed by atoms with van der Waals surface area (Å²) in [4.78, 5) is 10.7. The molecule has 0 unspecified atom stereocenters. The summed E-state index contributed by atoms with van der Waals surface area (Å²) in [5.74, 6) is 1.29. The smallest absolute Gasteiger partial charge is 0.358 e. The molecule has 0 aliphatic carbocycles. The fourth-order valence-corrected chi connectivity index (χ4v) is 0.485. The van der Waals surface area contributed by atoms with E-state index in [1.54, 1.807) is 0 Å². The molecule has 0 aliphatic rings. The van der Waals surface area contributed by atoms with Crippen LogP contribution in [0.25, 0.3) is 0 Å². The molecule has 0 amide bonds. The normalized spacial score (nSPS) is 11.2. The molecule has 0 atom stereocenters. The number of carbonyl (C=O) groups is 1. The first-order chi connectivity index (χ1) is 5.48. The molecule has 12 heavy (non-hydrogen) atoms. The van der Waals surface area contributed by atoms with Gasteiger partial charge in [-0.05, 0) is 12.2 Å². The fraction of sp³-hybridized carbons (Fsp3) is 0.286. The molecular weight excluding hydrogens is 222 g/mol. The molecule has 2 nitrogen and oxygen atoms in total. The molecule has 0 radical (unpaired) electrons. The van der Waals surface area contributed by atoms with Gasteiger partial charge >= 0.3 is 5.97 Å². The first kappa shape index (κ1) is 11.6. The number of esters is 1. The largest absolute Gasteiger partial charge is 0.458 e. The van der Waals surface area contributed by atoms with Gasteiger partial charge in [0.1, 0.15) is 6.61 Å². The van der Waals surface area contributed by atoms with Crippen LogP contribution in [-0.2, 0) is 9.53 Å². The topological polar surface area (TPSA) is 26.3 Å². The third kappa shape index (κ3) is 5.31. The van der Waals surface area contributed by atoms with E-state index in [2.05, 4.69) is 10.7 Å². The van der Waals surface area contributed by atoms with Gasteiger partial charge in [0.25, 0.3) is 3.79 Å². The Balaban J connectivity index is 3.75. The van der Waals surface area contributed by atoms with Crippen molar-refractivity contribution in [1.82, 2.24) is 0 Å². The molecule has 0 saturated carbocycles. The van der Waals surface area contributed by atoms with E-state index in [4.69, 9.17) is 41.2 Å². The molecular formula is C7H5Cl3O2. The number of hydrogen-bond donors (Lipinski definition) is 0. The van der Waals surface area contributed by atoms with E-state index < -0.39 is 9.76 Å². The Morgan fingerprint density at radius 3 is 2.58 bits per heavy atom. The van der Waals surface area contributed by atoms with Gasteiger partial charge in [0.15, 0.2) is 0 Å². The summed E-state index contributed by atoms with van der Waals surface area (Å²) >= 11 is 15.6. The molecule has 0 heterocycles. The average Bonchev–Trinajstić information content (AvgIpc) is 1.96. The Labute approximate surface area is 85.4 Å². The van der Waals surface area contributed by atoms with Gasteiger partial charge < -0.3 is 4.74 Å². The minimum Gasteiger partial charge on any atom is -0.458 e. The van der Waals surface area contributed by atoms with E-state index in [-0.39, 0.29) is 6.61 Å². The lowest BCUT2D eigenvalue weighted by Crippen LogP contribution is -2.21. The predicted octanol–water partition coefficient (Wildman–Crippen LogP) is 2.09. The third-order valence-corrected chi connectivity index (χ3v) is 1.22. The first-order valence-electron chi connectivity index (χ1n) is 2.83. The molecule has 0 aromatic carbocycles. The lowest BCUT2D eigenvalue weighted by Gasteiger charge is -2.07. The van der Waals surface area contributed by atoms with Gasteiger partial charge in [0.05, 0.1) is 0 Å². The number of ether oxygens (including phenoxy) is 1. The van der Waals surface area contributed by atoms with Crippen LogP contribution in [0.4, 0.5) is 0 Å². The Hall–Kier alpha value is -0.360. The van der Waals surface area contributed by atoms with Gasteiger partial charge in [0.2, 0.25) is 0 Å². The number of hydrogen-bond acceptors (Lipinski definition) is 2. The van der Waals surface area contributed by atoms with Gasteiger partial charge in [0, 0.05) is 0 Å². The monoisotopic (exact) mass is 226 g/mol. The van der Waals surface area contributed by atoms with Crippen molar-refractivity contribution in [3.05, 3.63) is 12.2 Å². The zero-order valence-electron chi connectivity index (χ0n) is 5.89. The van der Waals surface area contributed by atoms with Crippen molar-refractivity contribution in [1.29, 1.82) is 0 Å². The van der Waals surface area contributed by atoms with E-state index >= 15 is 0 Å². The van der Waals surface area contributed by atoms with Crippen molar-refractivity contribution in [3.8, 4) is 12.3 Å². The standard InChI is InChI=1S/C7H5Cl3O2/c1-2-3-4-5-12-6(11)7(8,9)10/h1,3-4H,5H2. The van der Waals surface area contributed by atoms with Crippen LogP contribution in [0.1, 0.15) is 0 Å². The van der Waals surface area contributed by atoms with Crippen molar-refractivity contribution in [3.63, 3.8) is 0 Å². The lowest BCUT2D eigenvalue weighted by molar-refractivity contribution is -0.141. The second kappa shape index (κ2) is 5.31. The second-order valence-electron chi connectivity index (χ2n) is 1.67. The zero-order valence-corrected chi connectivity index (χ0v) is 8.16. The number of carbonyl (C=O) groups excluding carboxylic acids is 1. The second-order valence-corrected chi connectivity index (χ2v) is 3.95. The fourth-order valence-electron chi connectivity index (χ4n) is 0.322. The highest BCUT2D eigenvalue weighted by atomic mass is 35.6. The van der Waals surface area contributed by atoms with Crippen LogP contribution in [0.5, 0.6) is 0 Å². The van der Waals surface area contributed by atoms with E-state index in [0.717, 1.165) is 0 Å². The van der Waals surface area contributed by atoms with E-state index in [1.807, 2.05) is 0 Å². The first-order valence-corrected chi connectivity index (χ1v) is 3.97. The van der Waals surface area contributed by atoms with Crippen molar-refractivity contribution in [2.24, 2.45) is 0 Å². The molecule has 0 bridgehead atoms. The number of halogens is 3. The van der Waals surface area contributed by atoms with Gasteiger partial charge in [-0.3, -0.25) is 0 Å². The van der Waals surface area contributed by atoms with Crippen LogP contribution < -0.4 is 0 Å². The Kier molecular flexibility index (Phi) is 5.16. The molecule has 0 spiro atoms. The highest BCUT2D eigenvalue weighted by Gasteiger charge is 2.32. The van der Waals surface area contributed by atoms with Crippen LogP contribution >= 0.6 is 34.8 Å². The minimum absolute atomic E-state index is 0.00303. The molecule has 0 saturated heterocycles.